The molecule has 6 heteroatoms. The van der Waals surface area contributed by atoms with Crippen LogP contribution in [0.25, 0.3) is 9.69 Å². The summed E-state index contributed by atoms with van der Waals surface area (Å²) in [5.41, 5.74) is 10.9. The molecule has 0 saturated carbocycles. The van der Waals surface area contributed by atoms with Gasteiger partial charge < -0.3 is 16.2 Å². The Balaban J connectivity index is 3.80. The highest BCUT2D eigenvalue weighted by Gasteiger charge is 2.21. The second kappa shape index (κ2) is 8.66. The zero-order chi connectivity index (χ0) is 12.4. The fourth-order valence-electron chi connectivity index (χ4n) is 0.994. The van der Waals surface area contributed by atoms with Gasteiger partial charge in [0.1, 0.15) is 6.04 Å². The molecule has 0 rings (SSSR count). The zero-order valence-corrected chi connectivity index (χ0v) is 9.06. The summed E-state index contributed by atoms with van der Waals surface area (Å²) in [7, 11) is 0. The van der Waals surface area contributed by atoms with Crippen molar-refractivity contribution in [1.29, 1.82) is 0 Å². The van der Waals surface area contributed by atoms with Crippen LogP contribution in [0.5, 0.6) is 0 Å². The Morgan fingerprint density at radius 1 is 1.31 bits per heavy atom. The van der Waals surface area contributed by atoms with Gasteiger partial charge in [-0.05, 0) is 19.4 Å². The topological polar surface area (TPSA) is 87.1 Å². The summed E-state index contributed by atoms with van der Waals surface area (Å²) >= 11 is 0. The van der Waals surface area contributed by atoms with E-state index in [4.69, 9.17) is 29.3 Å². The highest BCUT2D eigenvalue weighted by atomic mass is 16.5. The van der Waals surface area contributed by atoms with E-state index in [0.29, 0.717) is 13.0 Å². The van der Waals surface area contributed by atoms with E-state index in [1.165, 1.54) is 0 Å². The van der Waals surface area contributed by atoms with Gasteiger partial charge in [0.25, 0.3) is 0 Å². The molecule has 0 aliphatic heterocycles. The van der Waals surface area contributed by atoms with Crippen LogP contribution >= 0.6 is 0 Å². The molecular weight excluding hydrogens is 208 g/mol. The third-order valence-electron chi connectivity index (χ3n) is 1.94. The minimum Gasteiger partial charge on any atom is -0.447 e. The van der Waals surface area contributed by atoms with Crippen LogP contribution in [-0.4, -0.2) is 31.3 Å². The lowest BCUT2D eigenvalue weighted by molar-refractivity contribution is -0.145. The summed E-state index contributed by atoms with van der Waals surface area (Å²) < 4.78 is 4.76. The van der Waals surface area contributed by atoms with Gasteiger partial charge in [-0.1, -0.05) is 6.42 Å². The van der Waals surface area contributed by atoms with E-state index in [9.17, 15) is 4.79 Å². The molecule has 0 heterocycles. The molecule has 1 atom stereocenters. The van der Waals surface area contributed by atoms with Crippen LogP contribution in [0.4, 0.5) is 0 Å². The number of rotatable bonds is 7. The average molecular weight is 224 g/mol. The van der Waals surface area contributed by atoms with Gasteiger partial charge in [0.05, 0.1) is 0 Å². The summed E-state index contributed by atoms with van der Waals surface area (Å²) in [6.45, 7) is 13.6. The molecule has 88 valence electrons. The van der Waals surface area contributed by atoms with E-state index >= 15 is 0 Å². The van der Waals surface area contributed by atoms with Crippen molar-refractivity contribution in [3.05, 3.63) is 22.8 Å². The van der Waals surface area contributed by atoms with Crippen LogP contribution in [0.3, 0.4) is 0 Å². The molecule has 0 spiro atoms. The van der Waals surface area contributed by atoms with E-state index in [-0.39, 0.29) is 6.61 Å². The molecule has 16 heavy (non-hydrogen) atoms. The van der Waals surface area contributed by atoms with Crippen molar-refractivity contribution in [3.8, 4) is 0 Å². The van der Waals surface area contributed by atoms with Crippen molar-refractivity contribution in [3.63, 3.8) is 0 Å². The highest BCUT2D eigenvalue weighted by Crippen LogP contribution is 2.01. The molecule has 0 aromatic carbocycles. The van der Waals surface area contributed by atoms with Crippen molar-refractivity contribution >= 4 is 5.97 Å². The van der Waals surface area contributed by atoms with Crippen molar-refractivity contribution in [2.75, 3.05) is 13.2 Å². The highest BCUT2D eigenvalue weighted by molar-refractivity contribution is 5.75. The van der Waals surface area contributed by atoms with Gasteiger partial charge in [-0.25, -0.2) is 22.8 Å². The molecule has 0 bridgehead atoms. The number of nitrogens with zero attached hydrogens (tertiary/aromatic N) is 2. The molecule has 0 aliphatic carbocycles. The zero-order valence-electron chi connectivity index (χ0n) is 9.06. The van der Waals surface area contributed by atoms with Crippen molar-refractivity contribution in [2.45, 2.75) is 31.5 Å². The Morgan fingerprint density at radius 2 is 1.94 bits per heavy atom. The molecule has 0 aliphatic rings. The van der Waals surface area contributed by atoms with Gasteiger partial charge in [0.2, 0.25) is 6.61 Å². The van der Waals surface area contributed by atoms with Crippen molar-refractivity contribution in [2.24, 2.45) is 11.5 Å². The van der Waals surface area contributed by atoms with E-state index in [0.717, 1.165) is 12.8 Å². The van der Waals surface area contributed by atoms with Gasteiger partial charge in [-0.3, -0.25) is 4.79 Å². The minimum atomic E-state index is -0.958. The number of carbonyl (C=O) groups excluding carboxylic acids is 1. The van der Waals surface area contributed by atoms with Crippen LogP contribution in [0.2, 0.25) is 0 Å². The average Bonchev–Trinajstić information content (AvgIpc) is 2.30. The quantitative estimate of drug-likeness (QED) is 0.366. The first kappa shape index (κ1) is 14.4. The first-order valence-corrected chi connectivity index (χ1v) is 5.01. The first-order valence-electron chi connectivity index (χ1n) is 5.01. The standard InChI is InChI=1S/C10H16N4O2/c1-13-9(14-2)7-16-10(15)8(12)5-3-4-6-11/h8-9H,3-7,11-12H2/t8-/m0/s1. The summed E-state index contributed by atoms with van der Waals surface area (Å²) in [5, 5.41) is 0. The lowest BCUT2D eigenvalue weighted by Gasteiger charge is -2.09. The third kappa shape index (κ3) is 5.97. The third-order valence-corrected chi connectivity index (χ3v) is 1.94. The van der Waals surface area contributed by atoms with E-state index in [1.807, 2.05) is 0 Å². The smallest absolute Gasteiger partial charge is 0.447 e. The lowest BCUT2D eigenvalue weighted by Crippen LogP contribution is -2.33. The second-order valence-corrected chi connectivity index (χ2v) is 3.26. The molecule has 0 unspecified atom stereocenters. The Morgan fingerprint density at radius 3 is 2.44 bits per heavy atom. The second-order valence-electron chi connectivity index (χ2n) is 3.26. The van der Waals surface area contributed by atoms with Gasteiger partial charge in [-0.15, -0.1) is 0 Å². The van der Waals surface area contributed by atoms with E-state index in [2.05, 4.69) is 9.69 Å². The Bertz CT molecular complexity index is 278. The number of hydrogen-bond donors (Lipinski definition) is 2. The van der Waals surface area contributed by atoms with Crippen LogP contribution in [0, 0.1) is 13.1 Å². The lowest BCUT2D eigenvalue weighted by atomic mass is 10.1. The maximum Gasteiger partial charge on any atom is 0.508 e. The van der Waals surface area contributed by atoms with Gasteiger partial charge in [0.15, 0.2) is 0 Å². The maximum absolute atomic E-state index is 11.3. The Labute approximate surface area is 95.2 Å². The van der Waals surface area contributed by atoms with Crippen molar-refractivity contribution in [1.82, 2.24) is 0 Å². The normalized spacial score (nSPS) is 11.6. The summed E-state index contributed by atoms with van der Waals surface area (Å²) in [4.78, 5) is 17.2. The maximum atomic E-state index is 11.3. The van der Waals surface area contributed by atoms with Crippen LogP contribution in [0.15, 0.2) is 0 Å². The molecule has 0 aromatic rings. The predicted molar refractivity (Wildman–Crippen MR) is 58.8 cm³/mol. The molecule has 0 saturated heterocycles. The summed E-state index contributed by atoms with van der Waals surface area (Å²) in [6.07, 6.45) is 1.13. The van der Waals surface area contributed by atoms with Gasteiger partial charge >= 0.3 is 12.1 Å². The summed E-state index contributed by atoms with van der Waals surface area (Å²) in [5.74, 6) is -0.561. The fourth-order valence-corrected chi connectivity index (χ4v) is 0.994. The minimum absolute atomic E-state index is 0.212. The first-order chi connectivity index (χ1) is 7.65. The molecule has 0 amide bonds. The number of unbranched alkanes of at least 4 members (excludes halogenated alkanes) is 1. The van der Waals surface area contributed by atoms with Crippen molar-refractivity contribution < 1.29 is 9.53 Å². The molecule has 0 radical (unpaired) electrons. The SMILES string of the molecule is [C-]#[N+]C(COC(=O)[C@@H](N)CCCCN)[N+]#[C-]. The van der Waals surface area contributed by atoms with Crippen LogP contribution in [0.1, 0.15) is 19.3 Å². The molecule has 0 fully saturated rings. The van der Waals surface area contributed by atoms with Gasteiger partial charge in [-0.2, -0.15) is 0 Å². The number of ether oxygens (including phenoxy) is 1. The predicted octanol–water partition coefficient (Wildman–Crippen LogP) is 0.151. The monoisotopic (exact) mass is 224 g/mol. The molecule has 6 nitrogen and oxygen atoms in total. The molecule has 4 N–H and O–H groups in total. The van der Waals surface area contributed by atoms with Crippen LogP contribution < -0.4 is 11.5 Å². The van der Waals surface area contributed by atoms with E-state index in [1.54, 1.807) is 0 Å². The number of carbonyl (C=O) groups is 1. The number of nitrogens with two attached hydrogens (primary N) is 2. The molecular formula is C10H16N4O2. The Hall–Kier alpha value is -1.63. The largest absolute Gasteiger partial charge is 0.508 e. The van der Waals surface area contributed by atoms with Crippen LogP contribution in [-0.2, 0) is 9.53 Å². The fraction of sp³-hybridized carbons (Fsp3) is 0.700. The van der Waals surface area contributed by atoms with E-state index < -0.39 is 18.2 Å². The summed E-state index contributed by atoms with van der Waals surface area (Å²) in [6, 6.07) is -0.691. The number of hydrogen-bond acceptors (Lipinski definition) is 4. The molecule has 0 aromatic heterocycles. The number of esters is 1. The van der Waals surface area contributed by atoms with Gasteiger partial charge in [0, 0.05) is 0 Å². The Kier molecular flexibility index (Phi) is 7.78.